The standard InChI is InChI=1S/C27H27NO5/c1-17(2)33-26(30)25(29)24(18-10-4-3-5-11-18)28-27(31)32-16-23-21-14-8-6-12-19(21)20-13-7-9-15-22(20)23/h3-15,17,23-25,29H,16H2,1-2H3,(H,28,31). The van der Waals surface area contributed by atoms with Crippen LogP contribution in [0.2, 0.25) is 0 Å². The van der Waals surface area contributed by atoms with E-state index < -0.39 is 30.3 Å². The van der Waals surface area contributed by atoms with Crippen molar-refractivity contribution in [3.05, 3.63) is 95.6 Å². The van der Waals surface area contributed by atoms with Gasteiger partial charge >= 0.3 is 12.1 Å². The van der Waals surface area contributed by atoms with Crippen molar-refractivity contribution in [2.24, 2.45) is 0 Å². The summed E-state index contributed by atoms with van der Waals surface area (Å²) in [5.74, 6) is -0.896. The number of aliphatic hydroxyl groups is 1. The Bertz CT molecular complexity index is 1080. The average Bonchev–Trinajstić information content (AvgIpc) is 3.14. The van der Waals surface area contributed by atoms with Crippen LogP contribution in [0.5, 0.6) is 0 Å². The lowest BCUT2D eigenvalue weighted by Crippen LogP contribution is -2.42. The second-order valence-corrected chi connectivity index (χ2v) is 8.29. The molecule has 0 spiro atoms. The van der Waals surface area contributed by atoms with Crippen LogP contribution in [0.15, 0.2) is 78.9 Å². The number of carbonyl (C=O) groups is 2. The van der Waals surface area contributed by atoms with Crippen LogP contribution in [0.4, 0.5) is 4.79 Å². The van der Waals surface area contributed by atoms with Crippen molar-refractivity contribution in [2.75, 3.05) is 6.61 Å². The molecule has 2 unspecified atom stereocenters. The number of fused-ring (bicyclic) bond motifs is 3. The summed E-state index contributed by atoms with van der Waals surface area (Å²) in [4.78, 5) is 25.1. The fraction of sp³-hybridized carbons (Fsp3) is 0.259. The van der Waals surface area contributed by atoms with E-state index in [-0.39, 0.29) is 12.5 Å². The van der Waals surface area contributed by atoms with E-state index in [0.29, 0.717) is 5.56 Å². The van der Waals surface area contributed by atoms with E-state index in [1.165, 1.54) is 0 Å². The van der Waals surface area contributed by atoms with Gasteiger partial charge in [-0.3, -0.25) is 0 Å². The highest BCUT2D eigenvalue weighted by molar-refractivity contribution is 5.79. The first-order chi connectivity index (χ1) is 16.0. The highest BCUT2D eigenvalue weighted by atomic mass is 16.6. The number of aliphatic hydroxyl groups excluding tert-OH is 1. The Balaban J connectivity index is 1.49. The van der Waals surface area contributed by atoms with Crippen molar-refractivity contribution in [3.8, 4) is 11.1 Å². The molecule has 6 heteroatoms. The normalized spacial score (nSPS) is 14.2. The Morgan fingerprint density at radius 3 is 2.00 bits per heavy atom. The molecule has 0 heterocycles. The van der Waals surface area contributed by atoms with Crippen molar-refractivity contribution in [1.29, 1.82) is 0 Å². The van der Waals surface area contributed by atoms with Crippen molar-refractivity contribution < 1.29 is 24.2 Å². The summed E-state index contributed by atoms with van der Waals surface area (Å²) in [5.41, 5.74) is 5.05. The third kappa shape index (κ3) is 4.91. The maximum Gasteiger partial charge on any atom is 0.407 e. The summed E-state index contributed by atoms with van der Waals surface area (Å²) >= 11 is 0. The molecule has 1 amide bonds. The minimum atomic E-state index is -1.57. The van der Waals surface area contributed by atoms with Gasteiger partial charge in [0.1, 0.15) is 6.61 Å². The van der Waals surface area contributed by atoms with E-state index in [2.05, 4.69) is 17.4 Å². The maximum atomic E-state index is 12.8. The van der Waals surface area contributed by atoms with Crippen LogP contribution in [0.1, 0.15) is 42.5 Å². The second-order valence-electron chi connectivity index (χ2n) is 8.29. The summed E-state index contributed by atoms with van der Waals surface area (Å²) < 4.78 is 10.7. The Labute approximate surface area is 193 Å². The summed E-state index contributed by atoms with van der Waals surface area (Å²) in [5, 5.41) is 13.3. The first kappa shape index (κ1) is 22.6. The van der Waals surface area contributed by atoms with Gasteiger partial charge in [-0.15, -0.1) is 0 Å². The molecule has 3 aromatic rings. The first-order valence-corrected chi connectivity index (χ1v) is 11.0. The van der Waals surface area contributed by atoms with Gasteiger partial charge in [0.2, 0.25) is 0 Å². The first-order valence-electron chi connectivity index (χ1n) is 11.0. The van der Waals surface area contributed by atoms with Crippen LogP contribution in [-0.2, 0) is 14.3 Å². The molecule has 2 atom stereocenters. The molecule has 0 saturated carbocycles. The number of carbonyl (C=O) groups excluding carboxylic acids is 2. The SMILES string of the molecule is CC(C)OC(=O)C(O)C(NC(=O)OCC1c2ccccc2-c2ccccc21)c1ccccc1. The van der Waals surface area contributed by atoms with Crippen molar-refractivity contribution in [3.63, 3.8) is 0 Å². The minimum absolute atomic E-state index is 0.0887. The molecule has 3 aromatic carbocycles. The molecule has 0 saturated heterocycles. The molecule has 4 rings (SSSR count). The zero-order valence-corrected chi connectivity index (χ0v) is 18.6. The highest BCUT2D eigenvalue weighted by Crippen LogP contribution is 2.44. The lowest BCUT2D eigenvalue weighted by atomic mass is 9.98. The number of benzene rings is 3. The third-order valence-electron chi connectivity index (χ3n) is 5.68. The van der Waals surface area contributed by atoms with E-state index >= 15 is 0 Å². The largest absolute Gasteiger partial charge is 0.461 e. The monoisotopic (exact) mass is 445 g/mol. The van der Waals surface area contributed by atoms with Crippen LogP contribution >= 0.6 is 0 Å². The fourth-order valence-corrected chi connectivity index (χ4v) is 4.21. The Kier molecular flexibility index (Phi) is 6.75. The van der Waals surface area contributed by atoms with E-state index in [4.69, 9.17) is 9.47 Å². The third-order valence-corrected chi connectivity index (χ3v) is 5.68. The fourth-order valence-electron chi connectivity index (χ4n) is 4.21. The number of ether oxygens (including phenoxy) is 2. The molecule has 170 valence electrons. The topological polar surface area (TPSA) is 84.9 Å². The van der Waals surface area contributed by atoms with Gasteiger partial charge < -0.3 is 19.9 Å². The number of hydrogen-bond acceptors (Lipinski definition) is 5. The summed E-state index contributed by atoms with van der Waals surface area (Å²) in [6.45, 7) is 3.52. The highest BCUT2D eigenvalue weighted by Gasteiger charge is 2.33. The van der Waals surface area contributed by atoms with Gasteiger partial charge in [0.25, 0.3) is 0 Å². The van der Waals surface area contributed by atoms with Gasteiger partial charge in [-0.2, -0.15) is 0 Å². The van der Waals surface area contributed by atoms with E-state index in [1.807, 2.05) is 42.5 Å². The summed E-state index contributed by atoms with van der Waals surface area (Å²) in [6, 6.07) is 23.9. The lowest BCUT2D eigenvalue weighted by Gasteiger charge is -2.24. The van der Waals surface area contributed by atoms with Gasteiger partial charge in [-0.1, -0.05) is 78.9 Å². The molecule has 2 N–H and O–H groups in total. The zero-order chi connectivity index (χ0) is 23.4. The number of amides is 1. The number of esters is 1. The van der Waals surface area contributed by atoms with Crippen LogP contribution in [-0.4, -0.2) is 36.0 Å². The molecule has 6 nitrogen and oxygen atoms in total. The molecule has 0 fully saturated rings. The molecule has 0 radical (unpaired) electrons. The second kappa shape index (κ2) is 9.88. The molecular formula is C27H27NO5. The minimum Gasteiger partial charge on any atom is -0.461 e. The zero-order valence-electron chi connectivity index (χ0n) is 18.6. The average molecular weight is 446 g/mol. The smallest absolute Gasteiger partial charge is 0.407 e. The van der Waals surface area contributed by atoms with E-state index in [1.54, 1.807) is 38.1 Å². The predicted octanol–water partition coefficient (Wildman–Crippen LogP) is 4.58. The van der Waals surface area contributed by atoms with Gasteiger partial charge in [0.15, 0.2) is 6.10 Å². The predicted molar refractivity (Wildman–Crippen MR) is 125 cm³/mol. The number of alkyl carbamates (subject to hydrolysis) is 1. The molecular weight excluding hydrogens is 418 g/mol. The van der Waals surface area contributed by atoms with Crippen LogP contribution < -0.4 is 5.32 Å². The Morgan fingerprint density at radius 1 is 0.879 bits per heavy atom. The molecule has 1 aliphatic rings. The van der Waals surface area contributed by atoms with Crippen molar-refractivity contribution in [1.82, 2.24) is 5.32 Å². The Hall–Kier alpha value is -3.64. The van der Waals surface area contributed by atoms with E-state index in [0.717, 1.165) is 22.3 Å². The number of rotatable bonds is 7. The van der Waals surface area contributed by atoms with Crippen LogP contribution in [0.25, 0.3) is 11.1 Å². The van der Waals surface area contributed by atoms with Gasteiger partial charge in [0.05, 0.1) is 12.1 Å². The molecule has 33 heavy (non-hydrogen) atoms. The van der Waals surface area contributed by atoms with Gasteiger partial charge in [0, 0.05) is 5.92 Å². The summed E-state index contributed by atoms with van der Waals surface area (Å²) in [7, 11) is 0. The van der Waals surface area contributed by atoms with Crippen LogP contribution in [0, 0.1) is 0 Å². The Morgan fingerprint density at radius 2 is 1.42 bits per heavy atom. The van der Waals surface area contributed by atoms with Crippen molar-refractivity contribution in [2.45, 2.75) is 38.0 Å². The molecule has 0 aromatic heterocycles. The van der Waals surface area contributed by atoms with Gasteiger partial charge in [-0.05, 0) is 41.7 Å². The number of nitrogens with one attached hydrogen (secondary N) is 1. The van der Waals surface area contributed by atoms with E-state index in [9.17, 15) is 14.7 Å². The summed E-state index contributed by atoms with van der Waals surface area (Å²) in [6.07, 6.45) is -2.68. The quantitative estimate of drug-likeness (QED) is 0.520. The molecule has 0 aliphatic heterocycles. The van der Waals surface area contributed by atoms with Gasteiger partial charge in [-0.25, -0.2) is 9.59 Å². The van der Waals surface area contributed by atoms with Crippen LogP contribution in [0.3, 0.4) is 0 Å². The maximum absolute atomic E-state index is 12.8. The molecule has 0 bridgehead atoms. The molecule has 1 aliphatic carbocycles. The van der Waals surface area contributed by atoms with Crippen molar-refractivity contribution >= 4 is 12.1 Å². The lowest BCUT2D eigenvalue weighted by molar-refractivity contribution is -0.159. The number of hydrogen-bond donors (Lipinski definition) is 2.